The molecule has 1 N–H and O–H groups in total. The van der Waals surface area contributed by atoms with Crippen molar-refractivity contribution in [3.63, 3.8) is 0 Å². The van der Waals surface area contributed by atoms with Gasteiger partial charge in [0.15, 0.2) is 0 Å². The summed E-state index contributed by atoms with van der Waals surface area (Å²) in [5, 5.41) is 10.1. The summed E-state index contributed by atoms with van der Waals surface area (Å²) >= 11 is 0. The molecule has 0 aromatic heterocycles. The first-order chi connectivity index (χ1) is 12.7. The van der Waals surface area contributed by atoms with Crippen LogP contribution in [0.25, 0.3) is 0 Å². The molecule has 0 aliphatic heterocycles. The maximum Gasteiger partial charge on any atom is 0.0540 e. The van der Waals surface area contributed by atoms with Crippen LogP contribution in [0.5, 0.6) is 0 Å². The maximum absolute atomic E-state index is 10.1. The molecule has 0 rings (SSSR count). The first kappa shape index (κ1) is 26.0. The minimum Gasteiger partial charge on any atom is -0.393 e. The second-order valence-corrected chi connectivity index (χ2v) is 8.86. The number of hydrogen-bond acceptors (Lipinski definition) is 1. The lowest BCUT2D eigenvalue weighted by Crippen LogP contribution is -2.08. The van der Waals surface area contributed by atoms with Crippen molar-refractivity contribution >= 4 is 0 Å². The van der Waals surface area contributed by atoms with E-state index < -0.39 is 0 Å². The molecule has 0 aromatic carbocycles. The Morgan fingerprint density at radius 3 is 1.31 bits per heavy atom. The molecule has 0 bridgehead atoms. The van der Waals surface area contributed by atoms with Crippen LogP contribution in [0, 0.1) is 5.92 Å². The Labute approximate surface area is 166 Å². The minimum atomic E-state index is -0.0451. The lowest BCUT2D eigenvalue weighted by molar-refractivity contribution is 0.141. The molecule has 26 heavy (non-hydrogen) atoms. The summed E-state index contributed by atoms with van der Waals surface area (Å²) in [4.78, 5) is 0. The van der Waals surface area contributed by atoms with E-state index in [-0.39, 0.29) is 6.10 Å². The Bertz CT molecular complexity index is 251. The van der Waals surface area contributed by atoms with Gasteiger partial charge in [0, 0.05) is 0 Å². The van der Waals surface area contributed by atoms with Gasteiger partial charge in [-0.2, -0.15) is 0 Å². The third kappa shape index (κ3) is 20.3. The highest BCUT2D eigenvalue weighted by Gasteiger charge is 2.08. The van der Waals surface area contributed by atoms with Crippen molar-refractivity contribution in [2.75, 3.05) is 0 Å². The summed E-state index contributed by atoms with van der Waals surface area (Å²) in [5.41, 5.74) is 0. The number of rotatable bonds is 21. The normalized spacial score (nSPS) is 13.8. The molecule has 0 aliphatic carbocycles. The molecule has 0 heterocycles. The molecule has 1 nitrogen and oxygen atoms in total. The van der Waals surface area contributed by atoms with Crippen LogP contribution in [0.15, 0.2) is 0 Å². The van der Waals surface area contributed by atoms with Gasteiger partial charge in [0.2, 0.25) is 0 Å². The zero-order valence-electron chi connectivity index (χ0n) is 18.7. The van der Waals surface area contributed by atoms with Gasteiger partial charge >= 0.3 is 0 Å². The smallest absolute Gasteiger partial charge is 0.0540 e. The summed E-state index contributed by atoms with van der Waals surface area (Å²) in [6, 6.07) is 0. The zero-order chi connectivity index (χ0) is 19.3. The van der Waals surface area contributed by atoms with Gasteiger partial charge in [-0.05, 0) is 25.2 Å². The average Bonchev–Trinajstić information content (AvgIpc) is 2.64. The Morgan fingerprint density at radius 2 is 0.846 bits per heavy atom. The molecule has 158 valence electrons. The van der Waals surface area contributed by atoms with Crippen LogP contribution in [0.1, 0.15) is 149 Å². The molecule has 0 aliphatic rings. The zero-order valence-corrected chi connectivity index (χ0v) is 18.7. The molecule has 0 aromatic rings. The minimum absolute atomic E-state index is 0.0451. The number of aliphatic hydroxyl groups is 1. The van der Waals surface area contributed by atoms with Crippen LogP contribution in [0.3, 0.4) is 0 Å². The van der Waals surface area contributed by atoms with Crippen molar-refractivity contribution < 1.29 is 5.11 Å². The van der Waals surface area contributed by atoms with Crippen molar-refractivity contribution in [1.82, 2.24) is 0 Å². The number of aliphatic hydroxyl groups excluding tert-OH is 1. The Balaban J connectivity index is 3.28. The van der Waals surface area contributed by atoms with Crippen LogP contribution in [0.2, 0.25) is 0 Å². The van der Waals surface area contributed by atoms with Gasteiger partial charge in [0.1, 0.15) is 0 Å². The molecule has 0 spiro atoms. The predicted octanol–water partition coefficient (Wildman–Crippen LogP) is 8.83. The molecular formula is C25H52O. The molecule has 2 unspecified atom stereocenters. The van der Waals surface area contributed by atoms with E-state index in [1.807, 2.05) is 0 Å². The van der Waals surface area contributed by atoms with Gasteiger partial charge in [0.25, 0.3) is 0 Å². The van der Waals surface area contributed by atoms with Gasteiger partial charge in [-0.3, -0.25) is 0 Å². The summed E-state index contributed by atoms with van der Waals surface area (Å²) in [7, 11) is 0. The van der Waals surface area contributed by atoms with Crippen molar-refractivity contribution in [3.8, 4) is 0 Å². The van der Waals surface area contributed by atoms with E-state index in [4.69, 9.17) is 0 Å². The summed E-state index contributed by atoms with van der Waals surface area (Å²) in [6.45, 7) is 6.93. The topological polar surface area (TPSA) is 20.2 Å². The number of unbranched alkanes of at least 4 members (excludes halogenated alkanes) is 14. The first-order valence-electron chi connectivity index (χ1n) is 12.4. The van der Waals surface area contributed by atoms with Gasteiger partial charge in [-0.25, -0.2) is 0 Å². The SMILES string of the molecule is CCCCCCCCCCCCC(C)CCC(O)CCCCCCCC. The second kappa shape index (κ2) is 21.3. The van der Waals surface area contributed by atoms with Crippen LogP contribution < -0.4 is 0 Å². The Hall–Kier alpha value is -0.0400. The largest absolute Gasteiger partial charge is 0.393 e. The van der Waals surface area contributed by atoms with E-state index in [1.165, 1.54) is 116 Å². The van der Waals surface area contributed by atoms with E-state index in [0.717, 1.165) is 18.8 Å². The molecular weight excluding hydrogens is 316 g/mol. The van der Waals surface area contributed by atoms with Crippen LogP contribution in [0.4, 0.5) is 0 Å². The number of hydrogen-bond donors (Lipinski definition) is 1. The second-order valence-electron chi connectivity index (χ2n) is 8.86. The fourth-order valence-electron chi connectivity index (χ4n) is 3.91. The molecule has 0 radical (unpaired) electrons. The third-order valence-electron chi connectivity index (χ3n) is 5.93. The summed E-state index contributed by atoms with van der Waals surface area (Å²) in [6.07, 6.45) is 26.8. The van der Waals surface area contributed by atoms with Gasteiger partial charge < -0.3 is 5.11 Å². The van der Waals surface area contributed by atoms with E-state index in [0.29, 0.717) is 0 Å². The predicted molar refractivity (Wildman–Crippen MR) is 119 cm³/mol. The van der Waals surface area contributed by atoms with E-state index >= 15 is 0 Å². The molecule has 0 fully saturated rings. The van der Waals surface area contributed by atoms with Crippen molar-refractivity contribution in [1.29, 1.82) is 0 Å². The first-order valence-corrected chi connectivity index (χ1v) is 12.4. The fraction of sp³-hybridized carbons (Fsp3) is 1.00. The van der Waals surface area contributed by atoms with Crippen molar-refractivity contribution in [3.05, 3.63) is 0 Å². The third-order valence-corrected chi connectivity index (χ3v) is 5.93. The fourth-order valence-corrected chi connectivity index (χ4v) is 3.91. The lowest BCUT2D eigenvalue weighted by Gasteiger charge is -2.15. The van der Waals surface area contributed by atoms with E-state index in [9.17, 15) is 5.11 Å². The standard InChI is InChI=1S/C25H52O/c1-4-6-8-10-12-13-14-15-16-18-20-24(3)22-23-25(26)21-19-17-11-9-7-5-2/h24-26H,4-23H2,1-3H3. The molecule has 1 heteroatoms. The lowest BCUT2D eigenvalue weighted by atomic mass is 9.94. The van der Waals surface area contributed by atoms with Gasteiger partial charge in [0.05, 0.1) is 6.10 Å². The monoisotopic (exact) mass is 368 g/mol. The maximum atomic E-state index is 10.1. The molecule has 0 amide bonds. The van der Waals surface area contributed by atoms with Crippen molar-refractivity contribution in [2.24, 2.45) is 5.92 Å². The average molecular weight is 369 g/mol. The van der Waals surface area contributed by atoms with Gasteiger partial charge in [-0.15, -0.1) is 0 Å². The van der Waals surface area contributed by atoms with Gasteiger partial charge in [-0.1, -0.05) is 130 Å². The molecule has 2 atom stereocenters. The van der Waals surface area contributed by atoms with Crippen LogP contribution >= 0.6 is 0 Å². The summed E-state index contributed by atoms with van der Waals surface area (Å²) in [5.74, 6) is 0.795. The summed E-state index contributed by atoms with van der Waals surface area (Å²) < 4.78 is 0. The highest BCUT2D eigenvalue weighted by atomic mass is 16.3. The molecule has 0 saturated carbocycles. The van der Waals surface area contributed by atoms with Crippen LogP contribution in [-0.2, 0) is 0 Å². The van der Waals surface area contributed by atoms with E-state index in [2.05, 4.69) is 20.8 Å². The highest BCUT2D eigenvalue weighted by molar-refractivity contribution is 4.61. The van der Waals surface area contributed by atoms with Crippen LogP contribution in [-0.4, -0.2) is 11.2 Å². The Kier molecular flexibility index (Phi) is 21.2. The quantitative estimate of drug-likeness (QED) is 0.201. The van der Waals surface area contributed by atoms with Crippen molar-refractivity contribution in [2.45, 2.75) is 155 Å². The highest BCUT2D eigenvalue weighted by Crippen LogP contribution is 2.19. The Morgan fingerprint density at radius 1 is 0.462 bits per heavy atom. The molecule has 0 saturated heterocycles. The van der Waals surface area contributed by atoms with E-state index in [1.54, 1.807) is 0 Å².